The third kappa shape index (κ3) is 4.00. The van der Waals surface area contributed by atoms with Gasteiger partial charge in [0.05, 0.1) is 31.5 Å². The monoisotopic (exact) mass is 403 g/mol. The van der Waals surface area contributed by atoms with E-state index in [-0.39, 0.29) is 0 Å². The number of aliphatic hydroxyl groups is 1. The van der Waals surface area contributed by atoms with Gasteiger partial charge in [0.25, 0.3) is 0 Å². The molecule has 25 heavy (non-hydrogen) atoms. The van der Waals surface area contributed by atoms with Gasteiger partial charge in [-0.1, -0.05) is 0 Å². The van der Waals surface area contributed by atoms with Crippen LogP contribution in [0, 0.1) is 0 Å². The normalized spacial score (nSPS) is 12.0. The van der Waals surface area contributed by atoms with Crippen LogP contribution in [0.15, 0.2) is 47.2 Å². The summed E-state index contributed by atoms with van der Waals surface area (Å²) in [6.07, 6.45) is 2.70. The van der Waals surface area contributed by atoms with E-state index in [1.807, 2.05) is 12.1 Å². The second-order valence-electron chi connectivity index (χ2n) is 5.42. The summed E-state index contributed by atoms with van der Waals surface area (Å²) in [6.45, 7) is 0.313. The lowest BCUT2D eigenvalue weighted by atomic mass is 10.1. The molecule has 130 valence electrons. The largest absolute Gasteiger partial charge is 0.497 e. The molecule has 1 atom stereocenters. The molecule has 0 aliphatic carbocycles. The average Bonchev–Trinajstić information content (AvgIpc) is 2.65. The number of halogens is 1. The Morgan fingerprint density at radius 1 is 1.12 bits per heavy atom. The van der Waals surface area contributed by atoms with Crippen molar-refractivity contribution in [2.75, 3.05) is 26.1 Å². The zero-order valence-corrected chi connectivity index (χ0v) is 15.4. The maximum Gasteiger partial charge on any atom is 0.122 e. The van der Waals surface area contributed by atoms with E-state index in [9.17, 15) is 5.11 Å². The van der Waals surface area contributed by atoms with Gasteiger partial charge in [0.1, 0.15) is 17.0 Å². The Balaban J connectivity index is 1.80. The number of methoxy groups -OCH3 is 2. The van der Waals surface area contributed by atoms with Gasteiger partial charge in [-0.25, -0.2) is 0 Å². The first kappa shape index (κ1) is 17.4. The van der Waals surface area contributed by atoms with Gasteiger partial charge in [-0.15, -0.1) is 0 Å². The number of benzene rings is 1. The average molecular weight is 404 g/mol. The number of pyridine rings is 2. The summed E-state index contributed by atoms with van der Waals surface area (Å²) in [6, 6.07) is 9.07. The van der Waals surface area contributed by atoms with E-state index in [0.29, 0.717) is 23.6 Å². The summed E-state index contributed by atoms with van der Waals surface area (Å²) in [5, 5.41) is 13.8. The number of hydrogen-bond acceptors (Lipinski definition) is 6. The molecule has 3 aromatic rings. The quantitative estimate of drug-likeness (QED) is 0.655. The first-order valence-corrected chi connectivity index (χ1v) is 8.45. The van der Waals surface area contributed by atoms with E-state index in [0.717, 1.165) is 21.2 Å². The predicted octanol–water partition coefficient (Wildman–Crippen LogP) is 3.56. The van der Waals surface area contributed by atoms with Crippen LogP contribution in [0.1, 0.15) is 11.7 Å². The van der Waals surface area contributed by atoms with Crippen molar-refractivity contribution in [1.29, 1.82) is 0 Å². The van der Waals surface area contributed by atoms with Crippen LogP contribution >= 0.6 is 15.9 Å². The zero-order valence-electron chi connectivity index (χ0n) is 13.9. The van der Waals surface area contributed by atoms with Crippen molar-refractivity contribution in [2.45, 2.75) is 6.10 Å². The molecule has 0 radical (unpaired) electrons. The fraction of sp³-hybridized carbons (Fsp3) is 0.222. The highest BCUT2D eigenvalue weighted by Gasteiger charge is 2.12. The fourth-order valence-electron chi connectivity index (χ4n) is 2.49. The van der Waals surface area contributed by atoms with Gasteiger partial charge in [0.2, 0.25) is 0 Å². The summed E-state index contributed by atoms with van der Waals surface area (Å²) >= 11 is 3.39. The molecule has 2 aromatic heterocycles. The highest BCUT2D eigenvalue weighted by molar-refractivity contribution is 9.10. The first-order valence-electron chi connectivity index (χ1n) is 7.66. The molecule has 0 aliphatic rings. The van der Waals surface area contributed by atoms with E-state index >= 15 is 0 Å². The summed E-state index contributed by atoms with van der Waals surface area (Å²) in [4.78, 5) is 8.70. The van der Waals surface area contributed by atoms with Gasteiger partial charge in [0.15, 0.2) is 0 Å². The van der Waals surface area contributed by atoms with Gasteiger partial charge >= 0.3 is 0 Å². The smallest absolute Gasteiger partial charge is 0.122 e. The number of aliphatic hydroxyl groups excluding tert-OH is 1. The summed E-state index contributed by atoms with van der Waals surface area (Å²) in [7, 11) is 3.16. The molecule has 0 spiro atoms. The van der Waals surface area contributed by atoms with Crippen LogP contribution in [0.4, 0.5) is 5.69 Å². The number of ether oxygens (including phenoxy) is 2. The zero-order chi connectivity index (χ0) is 17.8. The molecule has 0 bridgehead atoms. The number of aromatic nitrogens is 2. The molecule has 2 heterocycles. The van der Waals surface area contributed by atoms with Gasteiger partial charge in [-0.2, -0.15) is 0 Å². The number of nitrogens with zero attached hydrogens (tertiary/aromatic N) is 2. The molecule has 1 unspecified atom stereocenters. The molecule has 2 N–H and O–H groups in total. The van der Waals surface area contributed by atoms with Crippen molar-refractivity contribution < 1.29 is 14.6 Å². The second kappa shape index (κ2) is 7.67. The molecule has 0 saturated carbocycles. The second-order valence-corrected chi connectivity index (χ2v) is 6.34. The number of fused-ring (bicyclic) bond motifs is 1. The number of hydrogen-bond donors (Lipinski definition) is 2. The maximum atomic E-state index is 10.5. The summed E-state index contributed by atoms with van der Waals surface area (Å²) < 4.78 is 11.4. The van der Waals surface area contributed by atoms with Crippen LogP contribution in [-0.4, -0.2) is 35.8 Å². The van der Waals surface area contributed by atoms with Gasteiger partial charge in [0, 0.05) is 29.5 Å². The summed E-state index contributed by atoms with van der Waals surface area (Å²) in [5.74, 6) is 1.27. The van der Waals surface area contributed by atoms with Crippen molar-refractivity contribution in [3.8, 4) is 11.5 Å². The minimum atomic E-state index is -0.734. The minimum absolute atomic E-state index is 0.313. The Bertz CT molecular complexity index is 866. The van der Waals surface area contributed by atoms with E-state index in [1.165, 1.54) is 0 Å². The highest BCUT2D eigenvalue weighted by Crippen LogP contribution is 2.27. The Labute approximate surface area is 154 Å². The third-order valence-electron chi connectivity index (χ3n) is 3.79. The highest BCUT2D eigenvalue weighted by atomic mass is 79.9. The molecule has 0 aliphatic heterocycles. The van der Waals surface area contributed by atoms with Crippen molar-refractivity contribution >= 4 is 32.7 Å². The van der Waals surface area contributed by atoms with E-state index in [4.69, 9.17) is 9.47 Å². The van der Waals surface area contributed by atoms with Crippen molar-refractivity contribution in [2.24, 2.45) is 0 Å². The van der Waals surface area contributed by atoms with Crippen molar-refractivity contribution in [3.05, 3.63) is 52.8 Å². The van der Waals surface area contributed by atoms with Crippen LogP contribution in [0.5, 0.6) is 11.5 Å². The Morgan fingerprint density at radius 3 is 2.52 bits per heavy atom. The summed E-state index contributed by atoms with van der Waals surface area (Å²) in [5.41, 5.74) is 3.04. The lowest BCUT2D eigenvalue weighted by Crippen LogP contribution is -2.13. The fourth-order valence-corrected chi connectivity index (χ4v) is 2.81. The standard InChI is InChI=1S/C18H18BrN3O3/c1-24-13-5-11(6-14(8-13)25-2)17(23)10-21-15-3-4-20-16-7-12(19)9-22-18(15)16/h3-9,17,23H,10H2,1-2H3,(H,20,21). The Kier molecular flexibility index (Phi) is 5.35. The molecule has 0 saturated heterocycles. The lowest BCUT2D eigenvalue weighted by molar-refractivity contribution is 0.190. The third-order valence-corrected chi connectivity index (χ3v) is 4.22. The molecular formula is C18H18BrN3O3. The molecule has 0 amide bonds. The molecule has 6 nitrogen and oxygen atoms in total. The van der Waals surface area contributed by atoms with Crippen molar-refractivity contribution in [3.63, 3.8) is 0 Å². The van der Waals surface area contributed by atoms with Crippen LogP contribution in [0.2, 0.25) is 0 Å². The van der Waals surface area contributed by atoms with Gasteiger partial charge in [-0.05, 0) is 45.8 Å². The topological polar surface area (TPSA) is 76.5 Å². The van der Waals surface area contributed by atoms with E-state index < -0.39 is 6.10 Å². The molecule has 3 rings (SSSR count). The minimum Gasteiger partial charge on any atom is -0.497 e. The van der Waals surface area contributed by atoms with Crippen molar-refractivity contribution in [1.82, 2.24) is 9.97 Å². The molecular weight excluding hydrogens is 386 g/mol. The molecule has 1 aromatic carbocycles. The van der Waals surface area contributed by atoms with Crippen LogP contribution in [-0.2, 0) is 0 Å². The van der Waals surface area contributed by atoms with Gasteiger partial charge < -0.3 is 19.9 Å². The maximum absolute atomic E-state index is 10.5. The molecule has 0 fully saturated rings. The van der Waals surface area contributed by atoms with Crippen LogP contribution < -0.4 is 14.8 Å². The number of nitrogens with one attached hydrogen (secondary N) is 1. The Hall–Kier alpha value is -2.38. The Morgan fingerprint density at radius 2 is 1.84 bits per heavy atom. The van der Waals surface area contributed by atoms with Crippen LogP contribution in [0.3, 0.4) is 0 Å². The molecule has 7 heteroatoms. The lowest BCUT2D eigenvalue weighted by Gasteiger charge is -2.16. The number of anilines is 1. The number of rotatable bonds is 6. The van der Waals surface area contributed by atoms with E-state index in [1.54, 1.807) is 44.8 Å². The van der Waals surface area contributed by atoms with Gasteiger partial charge in [-0.3, -0.25) is 9.97 Å². The van der Waals surface area contributed by atoms with Crippen LogP contribution in [0.25, 0.3) is 11.0 Å². The first-order chi connectivity index (χ1) is 12.1. The predicted molar refractivity (Wildman–Crippen MR) is 100 cm³/mol. The van der Waals surface area contributed by atoms with E-state index in [2.05, 4.69) is 31.2 Å². The SMILES string of the molecule is COc1cc(OC)cc(C(O)CNc2ccnc3cc(Br)cnc23)c1.